The monoisotopic (exact) mass is 468 g/mol. The van der Waals surface area contributed by atoms with Crippen LogP contribution in [0.4, 0.5) is 13.2 Å². The molecule has 3 aromatic rings. The number of carbonyl (C=O) groups excluding carboxylic acids is 1. The van der Waals surface area contributed by atoms with E-state index in [-0.39, 0.29) is 29.7 Å². The van der Waals surface area contributed by atoms with E-state index >= 15 is 0 Å². The normalized spacial score (nSPS) is 23.3. The van der Waals surface area contributed by atoms with Gasteiger partial charge in [0.1, 0.15) is 5.41 Å². The third-order valence-corrected chi connectivity index (χ3v) is 8.43. The van der Waals surface area contributed by atoms with Crippen LogP contribution in [0.3, 0.4) is 0 Å². The second kappa shape index (κ2) is 9.48. The summed E-state index contributed by atoms with van der Waals surface area (Å²) in [6, 6.07) is 32.2. The van der Waals surface area contributed by atoms with Crippen LogP contribution in [0.25, 0.3) is 0 Å². The van der Waals surface area contributed by atoms with Crippen molar-refractivity contribution >= 4 is 16.9 Å². The van der Waals surface area contributed by atoms with E-state index in [1.165, 1.54) is 20.8 Å². The summed E-state index contributed by atoms with van der Waals surface area (Å²) in [5.41, 5.74) is -2.63. The molecule has 0 saturated heterocycles. The smallest absolute Gasteiger partial charge is 0.400 e. The second-order valence-corrected chi connectivity index (χ2v) is 10.2. The largest absolute Gasteiger partial charge is 0.549 e. The summed E-state index contributed by atoms with van der Waals surface area (Å²) in [6.45, 7) is 0. The van der Waals surface area contributed by atoms with Crippen LogP contribution in [-0.2, 0) is 15.7 Å². The lowest BCUT2D eigenvalue weighted by Gasteiger charge is -2.38. The van der Waals surface area contributed by atoms with E-state index in [4.69, 9.17) is 0 Å². The number of fused-ring (bicyclic) bond motifs is 2. The van der Waals surface area contributed by atoms with Crippen molar-refractivity contribution < 1.29 is 23.1 Å². The van der Waals surface area contributed by atoms with Crippen molar-refractivity contribution in [2.45, 2.75) is 33.7 Å². The van der Waals surface area contributed by atoms with E-state index in [2.05, 4.69) is 91.0 Å². The highest BCUT2D eigenvalue weighted by molar-refractivity contribution is 7.97. The Kier molecular flexibility index (Phi) is 6.66. The first kappa shape index (κ1) is 23.2. The molecule has 2 aliphatic carbocycles. The number of rotatable bonds is 4. The molecule has 0 radical (unpaired) electrons. The number of hydrogen-bond donors (Lipinski definition) is 0. The van der Waals surface area contributed by atoms with E-state index in [1.807, 2.05) is 0 Å². The molecule has 5 rings (SSSR count). The Morgan fingerprint density at radius 1 is 0.788 bits per heavy atom. The molecule has 2 aliphatic rings. The fraction of sp³-hybridized carbons (Fsp3) is 0.222. The van der Waals surface area contributed by atoms with Crippen molar-refractivity contribution in [2.24, 2.45) is 17.3 Å². The van der Waals surface area contributed by atoms with Crippen LogP contribution in [0.1, 0.15) is 12.8 Å². The molecule has 1 saturated carbocycles. The van der Waals surface area contributed by atoms with Crippen LogP contribution in [0, 0.1) is 17.3 Å². The molecule has 6 heteroatoms. The molecule has 0 aromatic heterocycles. The topological polar surface area (TPSA) is 40.1 Å². The van der Waals surface area contributed by atoms with Crippen molar-refractivity contribution in [3.05, 3.63) is 103 Å². The zero-order valence-electron chi connectivity index (χ0n) is 17.7. The number of carboxylic acids is 1. The number of hydrogen-bond acceptors (Lipinski definition) is 2. The molecule has 2 nitrogen and oxygen atoms in total. The van der Waals surface area contributed by atoms with E-state index in [0.29, 0.717) is 0 Å². The zero-order valence-corrected chi connectivity index (χ0v) is 18.6. The predicted molar refractivity (Wildman–Crippen MR) is 120 cm³/mol. The van der Waals surface area contributed by atoms with Gasteiger partial charge in [-0.05, 0) is 61.1 Å². The minimum Gasteiger partial charge on any atom is -0.549 e. The second-order valence-electron chi connectivity index (χ2n) is 8.19. The van der Waals surface area contributed by atoms with Gasteiger partial charge in [0.25, 0.3) is 0 Å². The van der Waals surface area contributed by atoms with Gasteiger partial charge < -0.3 is 9.90 Å². The van der Waals surface area contributed by atoms with Crippen LogP contribution in [0.2, 0.25) is 0 Å². The molecule has 0 N–H and O–H groups in total. The van der Waals surface area contributed by atoms with Gasteiger partial charge in [-0.2, -0.15) is 13.2 Å². The Balaban J connectivity index is 0.000000165. The maximum absolute atomic E-state index is 12.7. The SMILES string of the molecule is O=C([O-])C1(C(F)(F)F)CC2C=CC1C2.c1ccc([S+](c2ccccc2)c2ccccc2)cc1. The van der Waals surface area contributed by atoms with Crippen LogP contribution in [0.15, 0.2) is 118 Å². The van der Waals surface area contributed by atoms with Gasteiger partial charge in [0.05, 0.1) is 16.9 Å². The maximum atomic E-state index is 12.7. The molecular formula is C27H23F3O2S. The molecule has 3 aromatic carbocycles. The average molecular weight is 469 g/mol. The van der Waals surface area contributed by atoms with Crippen LogP contribution < -0.4 is 5.11 Å². The molecule has 170 valence electrons. The maximum Gasteiger partial charge on any atom is 0.400 e. The zero-order chi connectivity index (χ0) is 23.5. The van der Waals surface area contributed by atoms with Gasteiger partial charge in [-0.3, -0.25) is 0 Å². The number of allylic oxidation sites excluding steroid dienone is 2. The summed E-state index contributed by atoms with van der Waals surface area (Å²) in [5, 5.41) is 10.7. The van der Waals surface area contributed by atoms with Gasteiger partial charge >= 0.3 is 6.18 Å². The molecule has 3 unspecified atom stereocenters. The summed E-state index contributed by atoms with van der Waals surface area (Å²) < 4.78 is 38.0. The number of carbonyl (C=O) groups is 1. The van der Waals surface area contributed by atoms with E-state index < -0.39 is 23.5 Å². The van der Waals surface area contributed by atoms with E-state index in [1.54, 1.807) is 6.08 Å². The Morgan fingerprint density at radius 3 is 1.45 bits per heavy atom. The number of aliphatic carboxylic acids is 1. The number of alkyl halides is 3. The summed E-state index contributed by atoms with van der Waals surface area (Å²) in [4.78, 5) is 14.8. The summed E-state index contributed by atoms with van der Waals surface area (Å²) in [7, 11) is -0.0146. The van der Waals surface area contributed by atoms with E-state index in [9.17, 15) is 23.1 Å². The first-order chi connectivity index (χ1) is 15.8. The van der Waals surface area contributed by atoms with E-state index in [0.717, 1.165) is 0 Å². The summed E-state index contributed by atoms with van der Waals surface area (Å²) >= 11 is 0. The van der Waals surface area contributed by atoms with Gasteiger partial charge in [-0.15, -0.1) is 0 Å². The van der Waals surface area contributed by atoms with Crippen molar-refractivity contribution in [2.75, 3.05) is 0 Å². The average Bonchev–Trinajstić information content (AvgIpc) is 3.44. The van der Waals surface area contributed by atoms with Crippen LogP contribution in [-0.4, -0.2) is 12.1 Å². The Labute approximate surface area is 194 Å². The molecule has 2 bridgehead atoms. The highest BCUT2D eigenvalue weighted by atomic mass is 32.2. The Hall–Kier alpha value is -2.99. The van der Waals surface area contributed by atoms with Gasteiger partial charge in [-0.1, -0.05) is 66.7 Å². The third kappa shape index (κ3) is 4.58. The minimum absolute atomic E-state index is 0.0146. The standard InChI is InChI=1S/C18H15S.C9H9F3O2/c1-4-10-16(11-5-1)19(17-12-6-2-7-13-17)18-14-8-3-9-15-18;10-9(11,12)8(7(13)14)4-5-1-2-6(8)3-5/h1-15H;1-2,5-6H,3-4H2,(H,13,14)/q+1;/p-1. The third-order valence-electron chi connectivity index (χ3n) is 6.20. The molecule has 33 heavy (non-hydrogen) atoms. The van der Waals surface area contributed by atoms with Crippen molar-refractivity contribution in [1.82, 2.24) is 0 Å². The Morgan fingerprint density at radius 2 is 1.21 bits per heavy atom. The molecule has 0 aliphatic heterocycles. The molecule has 1 fully saturated rings. The lowest BCUT2D eigenvalue weighted by atomic mass is 9.75. The van der Waals surface area contributed by atoms with Gasteiger partial charge in [0.2, 0.25) is 0 Å². The highest BCUT2D eigenvalue weighted by Crippen LogP contribution is 2.59. The lowest BCUT2D eigenvalue weighted by Crippen LogP contribution is -2.54. The molecule has 0 amide bonds. The number of halogens is 3. The van der Waals surface area contributed by atoms with Gasteiger partial charge in [0, 0.05) is 0 Å². The quantitative estimate of drug-likeness (QED) is 0.366. The molecular weight excluding hydrogens is 445 g/mol. The molecule has 0 spiro atoms. The van der Waals surface area contributed by atoms with Gasteiger partial charge in [-0.25, -0.2) is 0 Å². The molecule has 0 heterocycles. The fourth-order valence-corrected chi connectivity index (χ4v) is 6.72. The summed E-state index contributed by atoms with van der Waals surface area (Å²) in [6.07, 6.45) is -1.77. The fourth-order valence-electron chi connectivity index (χ4n) is 4.61. The predicted octanol–water partition coefficient (Wildman–Crippen LogP) is 5.66. The highest BCUT2D eigenvalue weighted by Gasteiger charge is 2.64. The van der Waals surface area contributed by atoms with Crippen molar-refractivity contribution in [3.8, 4) is 0 Å². The number of benzene rings is 3. The van der Waals surface area contributed by atoms with Gasteiger partial charge in [0.15, 0.2) is 14.7 Å². The van der Waals surface area contributed by atoms with Crippen LogP contribution >= 0.6 is 0 Å². The first-order valence-electron chi connectivity index (χ1n) is 10.7. The Bertz CT molecular complexity index is 1010. The van der Waals surface area contributed by atoms with Crippen molar-refractivity contribution in [1.29, 1.82) is 0 Å². The summed E-state index contributed by atoms with van der Waals surface area (Å²) in [5.74, 6) is -3.17. The minimum atomic E-state index is -4.71. The van der Waals surface area contributed by atoms with Crippen molar-refractivity contribution in [3.63, 3.8) is 0 Å². The first-order valence-corrected chi connectivity index (χ1v) is 11.9. The lowest BCUT2D eigenvalue weighted by molar-refractivity contribution is -0.346. The van der Waals surface area contributed by atoms with Crippen LogP contribution in [0.5, 0.6) is 0 Å². The number of carboxylic acid groups (broad SMARTS) is 1. The molecule has 3 atom stereocenters.